The molecule has 2 fully saturated rings. The van der Waals surface area contributed by atoms with E-state index in [1.54, 1.807) is 6.08 Å². The van der Waals surface area contributed by atoms with Crippen LogP contribution >= 0.6 is 0 Å². The maximum atomic E-state index is 12.9. The third-order valence-corrected chi connectivity index (χ3v) is 5.75. The monoisotopic (exact) mass is 340 g/mol. The Morgan fingerprint density at radius 3 is 2.32 bits per heavy atom. The third-order valence-electron chi connectivity index (χ3n) is 5.75. The fourth-order valence-corrected chi connectivity index (χ4v) is 4.40. The van der Waals surface area contributed by atoms with Gasteiger partial charge >= 0.3 is 0 Å². The van der Waals surface area contributed by atoms with Crippen LogP contribution in [0.4, 0.5) is 0 Å². The van der Waals surface area contributed by atoms with Crippen molar-refractivity contribution in [1.82, 2.24) is 4.90 Å². The summed E-state index contributed by atoms with van der Waals surface area (Å²) in [6.45, 7) is 1.38. The summed E-state index contributed by atoms with van der Waals surface area (Å²) < 4.78 is 5.59. The van der Waals surface area contributed by atoms with Crippen LogP contribution in [-0.2, 0) is 20.7 Å². The number of carboxylic acids is 1. The third kappa shape index (κ3) is 3.09. The number of rotatable bonds is 4. The van der Waals surface area contributed by atoms with E-state index in [1.807, 2.05) is 17.0 Å². The minimum Gasteiger partial charge on any atom is -0.550 e. The predicted octanol–water partition coefficient (Wildman–Crippen LogP) is 0.787. The molecule has 0 saturated carbocycles. The van der Waals surface area contributed by atoms with Gasteiger partial charge in [0.1, 0.15) is 0 Å². The van der Waals surface area contributed by atoms with Gasteiger partial charge in [-0.15, -0.1) is 0 Å². The number of nitrogens with zero attached hydrogens (tertiary/aromatic N) is 1. The number of fused-ring (bicyclic) bond motifs is 2. The van der Waals surface area contributed by atoms with Gasteiger partial charge in [0.25, 0.3) is 0 Å². The molecule has 5 nitrogen and oxygen atoms in total. The van der Waals surface area contributed by atoms with Crippen molar-refractivity contribution >= 4 is 11.9 Å². The Kier molecular flexibility index (Phi) is 4.34. The molecule has 1 amide bonds. The molecular formula is C20H22NO4-. The summed E-state index contributed by atoms with van der Waals surface area (Å²) in [6, 6.07) is 10.4. The number of aliphatic carboxylic acids is 1. The highest BCUT2D eigenvalue weighted by molar-refractivity contribution is 5.86. The van der Waals surface area contributed by atoms with Crippen LogP contribution in [0, 0.1) is 17.8 Å². The lowest BCUT2D eigenvalue weighted by molar-refractivity contribution is -0.313. The quantitative estimate of drug-likeness (QED) is 0.760. The molecule has 132 valence electrons. The number of ether oxygens (including phenoxy) is 1. The van der Waals surface area contributed by atoms with E-state index in [-0.39, 0.29) is 5.91 Å². The molecule has 0 N–H and O–H groups in total. The molecule has 0 spiro atoms. The van der Waals surface area contributed by atoms with Crippen molar-refractivity contribution in [3.8, 4) is 0 Å². The molecule has 1 aromatic carbocycles. The van der Waals surface area contributed by atoms with Gasteiger partial charge in [0.05, 0.1) is 18.1 Å². The number of hydrogen-bond donors (Lipinski definition) is 0. The van der Waals surface area contributed by atoms with Crippen LogP contribution in [0.25, 0.3) is 0 Å². The standard InChI is InChI=1S/C20H23NO4/c22-19(17-15-6-7-16(25-15)18(17)20(23)24)21-10-8-14(9-11-21)12-13-4-2-1-3-5-13/h1-7,14-18H,8-12H2,(H,23,24)/p-1. The Morgan fingerprint density at radius 1 is 1.04 bits per heavy atom. The number of hydrogen-bond acceptors (Lipinski definition) is 4. The molecule has 1 aromatic rings. The summed E-state index contributed by atoms with van der Waals surface area (Å²) in [4.78, 5) is 26.2. The topological polar surface area (TPSA) is 69.7 Å². The first-order valence-electron chi connectivity index (χ1n) is 9.01. The molecule has 2 bridgehead atoms. The van der Waals surface area contributed by atoms with Gasteiger partial charge in [0.2, 0.25) is 5.91 Å². The maximum Gasteiger partial charge on any atom is 0.229 e. The molecular weight excluding hydrogens is 318 g/mol. The first-order chi connectivity index (χ1) is 12.1. The van der Waals surface area contributed by atoms with E-state index in [9.17, 15) is 14.7 Å². The van der Waals surface area contributed by atoms with Crippen molar-refractivity contribution in [3.05, 3.63) is 48.0 Å². The molecule has 5 heteroatoms. The van der Waals surface area contributed by atoms with Gasteiger partial charge in [0.15, 0.2) is 0 Å². The van der Waals surface area contributed by atoms with Gasteiger partial charge in [-0.25, -0.2) is 0 Å². The largest absolute Gasteiger partial charge is 0.550 e. The fourth-order valence-electron chi connectivity index (χ4n) is 4.40. The molecule has 4 unspecified atom stereocenters. The highest BCUT2D eigenvalue weighted by atomic mass is 16.5. The van der Waals surface area contributed by atoms with Crippen molar-refractivity contribution < 1.29 is 19.4 Å². The first kappa shape index (κ1) is 16.3. The Balaban J connectivity index is 1.37. The van der Waals surface area contributed by atoms with Gasteiger partial charge in [-0.2, -0.15) is 0 Å². The Labute approximate surface area is 147 Å². The van der Waals surface area contributed by atoms with E-state index in [0.29, 0.717) is 19.0 Å². The lowest BCUT2D eigenvalue weighted by Crippen LogP contribution is -2.50. The number of amides is 1. The predicted molar refractivity (Wildman–Crippen MR) is 89.2 cm³/mol. The number of carboxylic acid groups (broad SMARTS) is 1. The van der Waals surface area contributed by atoms with Crippen molar-refractivity contribution in [3.63, 3.8) is 0 Å². The smallest absolute Gasteiger partial charge is 0.229 e. The van der Waals surface area contributed by atoms with Crippen LogP contribution in [0.15, 0.2) is 42.5 Å². The number of carbonyl (C=O) groups excluding carboxylic acids is 2. The average Bonchev–Trinajstić information content (AvgIpc) is 3.24. The number of piperidine rings is 1. The van der Waals surface area contributed by atoms with Gasteiger partial charge in [-0.05, 0) is 30.7 Å². The SMILES string of the molecule is O=C([O-])C1C2C=CC(O2)C1C(=O)N1CCC(Cc2ccccc2)CC1. The van der Waals surface area contributed by atoms with Crippen molar-refractivity contribution in [2.75, 3.05) is 13.1 Å². The van der Waals surface area contributed by atoms with Crippen LogP contribution < -0.4 is 5.11 Å². The summed E-state index contributed by atoms with van der Waals surface area (Å²) in [7, 11) is 0. The van der Waals surface area contributed by atoms with Crippen molar-refractivity contribution in [1.29, 1.82) is 0 Å². The molecule has 3 heterocycles. The second-order valence-corrected chi connectivity index (χ2v) is 7.28. The Hall–Kier alpha value is -2.14. The zero-order valence-corrected chi connectivity index (χ0v) is 14.0. The molecule has 0 aliphatic carbocycles. The van der Waals surface area contributed by atoms with Crippen LogP contribution in [-0.4, -0.2) is 42.1 Å². The highest BCUT2D eigenvalue weighted by Gasteiger charge is 2.51. The lowest BCUT2D eigenvalue weighted by atomic mass is 9.81. The van der Waals surface area contributed by atoms with E-state index in [2.05, 4.69) is 24.3 Å². The Bertz CT molecular complexity index is 678. The summed E-state index contributed by atoms with van der Waals surface area (Å²) >= 11 is 0. The van der Waals surface area contributed by atoms with Gasteiger partial charge in [-0.1, -0.05) is 42.5 Å². The summed E-state index contributed by atoms with van der Waals surface area (Å²) in [5.41, 5.74) is 1.33. The number of carbonyl (C=O) groups is 2. The molecule has 0 aromatic heterocycles. The van der Waals surface area contributed by atoms with Gasteiger partial charge in [-0.3, -0.25) is 4.79 Å². The van der Waals surface area contributed by atoms with Gasteiger partial charge in [0, 0.05) is 25.0 Å². The van der Waals surface area contributed by atoms with E-state index < -0.39 is 30.0 Å². The second-order valence-electron chi connectivity index (χ2n) is 7.28. The zero-order chi connectivity index (χ0) is 17.4. The summed E-state index contributed by atoms with van der Waals surface area (Å²) in [5, 5.41) is 11.4. The molecule has 3 aliphatic rings. The van der Waals surface area contributed by atoms with Crippen LogP contribution in [0.2, 0.25) is 0 Å². The molecule has 25 heavy (non-hydrogen) atoms. The molecule has 2 saturated heterocycles. The van der Waals surface area contributed by atoms with Gasteiger partial charge < -0.3 is 19.5 Å². The molecule has 0 radical (unpaired) electrons. The first-order valence-corrected chi connectivity index (χ1v) is 9.01. The zero-order valence-electron chi connectivity index (χ0n) is 14.0. The van der Waals surface area contributed by atoms with E-state index >= 15 is 0 Å². The van der Waals surface area contributed by atoms with E-state index in [0.717, 1.165) is 19.3 Å². The average molecular weight is 340 g/mol. The number of likely N-dealkylation sites (tertiary alicyclic amines) is 1. The highest BCUT2D eigenvalue weighted by Crippen LogP contribution is 2.40. The van der Waals surface area contributed by atoms with Crippen LogP contribution in [0.3, 0.4) is 0 Å². The fraction of sp³-hybridized carbons (Fsp3) is 0.500. The van der Waals surface area contributed by atoms with E-state index in [4.69, 9.17) is 4.74 Å². The van der Waals surface area contributed by atoms with Crippen LogP contribution in [0.1, 0.15) is 18.4 Å². The maximum absolute atomic E-state index is 12.9. The Morgan fingerprint density at radius 2 is 1.68 bits per heavy atom. The summed E-state index contributed by atoms with van der Waals surface area (Å²) in [6.07, 6.45) is 5.56. The van der Waals surface area contributed by atoms with E-state index in [1.165, 1.54) is 5.56 Å². The molecule has 4 rings (SSSR count). The number of benzene rings is 1. The molecule has 3 aliphatic heterocycles. The minimum absolute atomic E-state index is 0.0933. The minimum atomic E-state index is -1.19. The summed E-state index contributed by atoms with van der Waals surface area (Å²) in [5.74, 6) is -2.20. The molecule has 4 atom stereocenters. The van der Waals surface area contributed by atoms with Crippen molar-refractivity contribution in [2.24, 2.45) is 17.8 Å². The van der Waals surface area contributed by atoms with Crippen LogP contribution in [0.5, 0.6) is 0 Å². The lowest BCUT2D eigenvalue weighted by Gasteiger charge is -2.36. The van der Waals surface area contributed by atoms with Crippen molar-refractivity contribution in [2.45, 2.75) is 31.5 Å². The second kappa shape index (κ2) is 6.64. The normalized spacial score (nSPS) is 31.4.